The number of nitrogens with zero attached hydrogens (tertiary/aromatic N) is 2. The van der Waals surface area contributed by atoms with Crippen molar-refractivity contribution in [3.05, 3.63) is 28.8 Å². The summed E-state index contributed by atoms with van der Waals surface area (Å²) in [6.07, 6.45) is -3.18. The number of carboxylic acids is 1. The quantitative estimate of drug-likeness (QED) is 0.764. The minimum Gasteiger partial charge on any atom is -0.478 e. The first-order valence-corrected chi connectivity index (χ1v) is 3.59. The van der Waals surface area contributed by atoms with Gasteiger partial charge in [0.15, 0.2) is 0 Å². The van der Waals surface area contributed by atoms with E-state index >= 15 is 0 Å². The van der Waals surface area contributed by atoms with E-state index in [0.29, 0.717) is 6.07 Å². The monoisotopic (exact) mass is 216 g/mol. The highest BCUT2D eigenvalue weighted by Crippen LogP contribution is 2.24. The molecule has 1 rings (SSSR count). The van der Waals surface area contributed by atoms with Crippen LogP contribution in [-0.4, -0.2) is 16.1 Å². The summed E-state index contributed by atoms with van der Waals surface area (Å²) < 4.78 is 37.6. The van der Waals surface area contributed by atoms with E-state index in [1.165, 1.54) is 6.07 Å². The molecule has 1 N–H and O–H groups in total. The van der Waals surface area contributed by atoms with Gasteiger partial charge >= 0.3 is 5.97 Å². The van der Waals surface area contributed by atoms with Crippen LogP contribution in [0.5, 0.6) is 0 Å². The number of hydrogen-bond donors (Lipinski definition) is 1. The first-order chi connectivity index (χ1) is 6.97. The Kier molecular flexibility index (Phi) is 2.90. The summed E-state index contributed by atoms with van der Waals surface area (Å²) in [4.78, 5) is 13.4. The van der Waals surface area contributed by atoms with Crippen LogP contribution in [0.25, 0.3) is 0 Å². The van der Waals surface area contributed by atoms with Gasteiger partial charge in [-0.25, -0.2) is 18.6 Å². The lowest BCUT2D eigenvalue weighted by molar-refractivity contribution is 0.0677. The number of halogens is 3. The molecule has 0 saturated heterocycles. The Hall–Kier alpha value is -2.10. The molecular formula is C8H3F3N2O2. The minimum atomic E-state index is -3.18. The second-order valence-corrected chi connectivity index (χ2v) is 2.48. The highest BCUT2D eigenvalue weighted by Gasteiger charge is 2.24. The largest absolute Gasteiger partial charge is 0.478 e. The lowest BCUT2D eigenvalue weighted by atomic mass is 10.1. The highest BCUT2D eigenvalue weighted by molar-refractivity contribution is 5.89. The van der Waals surface area contributed by atoms with Gasteiger partial charge in [0.05, 0.1) is 0 Å². The van der Waals surface area contributed by atoms with E-state index in [2.05, 4.69) is 4.98 Å². The van der Waals surface area contributed by atoms with E-state index in [1.54, 1.807) is 0 Å². The smallest absolute Gasteiger partial charge is 0.340 e. The fraction of sp³-hybridized carbons (Fsp3) is 0.125. The molecule has 1 heterocycles. The maximum Gasteiger partial charge on any atom is 0.340 e. The van der Waals surface area contributed by atoms with Crippen LogP contribution in [0, 0.1) is 17.3 Å². The standard InChI is InChI=1S/C8H3F3N2O2/c9-6(10)4-1-3(2-12)13-7(11)5(4)8(14)15/h1,6H,(H,14,15). The summed E-state index contributed by atoms with van der Waals surface area (Å²) in [5, 5.41) is 16.8. The number of carboxylic acid groups (broad SMARTS) is 1. The molecule has 15 heavy (non-hydrogen) atoms. The summed E-state index contributed by atoms with van der Waals surface area (Å²) in [5.41, 5.74) is -2.84. The Labute approximate surface area is 81.6 Å². The summed E-state index contributed by atoms with van der Waals surface area (Å²) in [5.74, 6) is -3.43. The van der Waals surface area contributed by atoms with Crippen molar-refractivity contribution in [3.63, 3.8) is 0 Å². The third-order valence-corrected chi connectivity index (χ3v) is 1.57. The van der Waals surface area contributed by atoms with Crippen molar-refractivity contribution >= 4 is 5.97 Å². The minimum absolute atomic E-state index is 0.553. The first kappa shape index (κ1) is 11.0. The second kappa shape index (κ2) is 3.96. The highest BCUT2D eigenvalue weighted by atomic mass is 19.3. The molecule has 0 saturated carbocycles. The van der Waals surface area contributed by atoms with Crippen molar-refractivity contribution in [2.24, 2.45) is 0 Å². The van der Waals surface area contributed by atoms with Gasteiger partial charge in [-0.2, -0.15) is 9.65 Å². The molecule has 0 bridgehead atoms. The number of aromatic nitrogens is 1. The van der Waals surface area contributed by atoms with E-state index in [-0.39, 0.29) is 0 Å². The van der Waals surface area contributed by atoms with Crippen LogP contribution in [0.1, 0.15) is 28.0 Å². The lowest BCUT2D eigenvalue weighted by Gasteiger charge is -2.05. The molecule has 0 atom stereocenters. The third-order valence-electron chi connectivity index (χ3n) is 1.57. The van der Waals surface area contributed by atoms with E-state index in [0.717, 1.165) is 0 Å². The SMILES string of the molecule is N#Cc1cc(C(F)F)c(C(=O)O)c(F)n1. The molecular weight excluding hydrogens is 213 g/mol. The van der Waals surface area contributed by atoms with Gasteiger partial charge in [-0.05, 0) is 6.07 Å². The molecule has 0 aliphatic heterocycles. The van der Waals surface area contributed by atoms with E-state index in [9.17, 15) is 18.0 Å². The van der Waals surface area contributed by atoms with E-state index < -0.39 is 35.2 Å². The van der Waals surface area contributed by atoms with Gasteiger partial charge in [-0.3, -0.25) is 0 Å². The molecule has 1 aromatic rings. The molecule has 7 heteroatoms. The maximum absolute atomic E-state index is 12.9. The van der Waals surface area contributed by atoms with Crippen LogP contribution in [0.2, 0.25) is 0 Å². The van der Waals surface area contributed by atoms with Crippen LogP contribution in [0.3, 0.4) is 0 Å². The van der Waals surface area contributed by atoms with Crippen LogP contribution >= 0.6 is 0 Å². The van der Waals surface area contributed by atoms with Crippen molar-refractivity contribution in [2.75, 3.05) is 0 Å². The summed E-state index contributed by atoms with van der Waals surface area (Å²) in [6, 6.07) is 1.90. The van der Waals surface area contributed by atoms with Crippen molar-refractivity contribution in [1.29, 1.82) is 5.26 Å². The molecule has 0 unspecified atom stereocenters. The Morgan fingerprint density at radius 2 is 2.20 bits per heavy atom. The van der Waals surface area contributed by atoms with Gasteiger partial charge in [-0.15, -0.1) is 0 Å². The van der Waals surface area contributed by atoms with Crippen molar-refractivity contribution in [3.8, 4) is 6.07 Å². The Bertz CT molecular complexity index is 454. The molecule has 78 valence electrons. The number of rotatable bonds is 2. The van der Waals surface area contributed by atoms with Crippen LogP contribution < -0.4 is 0 Å². The van der Waals surface area contributed by atoms with Crippen LogP contribution in [0.4, 0.5) is 13.2 Å². The summed E-state index contributed by atoms with van der Waals surface area (Å²) in [6.45, 7) is 0. The Morgan fingerprint density at radius 3 is 2.60 bits per heavy atom. The molecule has 0 aromatic carbocycles. The molecule has 4 nitrogen and oxygen atoms in total. The predicted molar refractivity (Wildman–Crippen MR) is 40.8 cm³/mol. The number of nitriles is 1. The molecule has 1 aromatic heterocycles. The Balaban J connectivity index is 3.51. The molecule has 0 aliphatic rings. The first-order valence-electron chi connectivity index (χ1n) is 3.59. The molecule has 0 aliphatic carbocycles. The Morgan fingerprint density at radius 1 is 1.60 bits per heavy atom. The number of aromatic carboxylic acids is 1. The average Bonchev–Trinajstić information content (AvgIpc) is 2.15. The fourth-order valence-electron chi connectivity index (χ4n) is 0.974. The zero-order chi connectivity index (χ0) is 11.6. The molecule has 0 fully saturated rings. The topological polar surface area (TPSA) is 74.0 Å². The van der Waals surface area contributed by atoms with Gasteiger partial charge in [0.2, 0.25) is 5.95 Å². The van der Waals surface area contributed by atoms with Crippen molar-refractivity contribution in [2.45, 2.75) is 6.43 Å². The summed E-state index contributed by atoms with van der Waals surface area (Å²) in [7, 11) is 0. The van der Waals surface area contributed by atoms with Gasteiger partial charge in [0.25, 0.3) is 6.43 Å². The summed E-state index contributed by atoms with van der Waals surface area (Å²) >= 11 is 0. The molecule has 0 amide bonds. The number of carbonyl (C=O) groups is 1. The molecule has 0 spiro atoms. The second-order valence-electron chi connectivity index (χ2n) is 2.48. The van der Waals surface area contributed by atoms with Gasteiger partial charge in [0, 0.05) is 5.56 Å². The van der Waals surface area contributed by atoms with Gasteiger partial charge in [0.1, 0.15) is 17.3 Å². The van der Waals surface area contributed by atoms with E-state index in [4.69, 9.17) is 10.4 Å². The number of alkyl halides is 2. The van der Waals surface area contributed by atoms with Gasteiger partial charge in [-0.1, -0.05) is 0 Å². The third kappa shape index (κ3) is 2.04. The molecule has 0 radical (unpaired) electrons. The van der Waals surface area contributed by atoms with Crippen LogP contribution in [-0.2, 0) is 0 Å². The number of pyridine rings is 1. The van der Waals surface area contributed by atoms with Crippen molar-refractivity contribution < 1.29 is 23.1 Å². The van der Waals surface area contributed by atoms with E-state index in [1.807, 2.05) is 0 Å². The van der Waals surface area contributed by atoms with Crippen LogP contribution in [0.15, 0.2) is 6.07 Å². The predicted octanol–water partition coefficient (Wildman–Crippen LogP) is 1.73. The van der Waals surface area contributed by atoms with Gasteiger partial charge < -0.3 is 5.11 Å². The lowest BCUT2D eigenvalue weighted by Crippen LogP contribution is -2.09. The zero-order valence-electron chi connectivity index (χ0n) is 7.04. The fourth-order valence-corrected chi connectivity index (χ4v) is 0.974. The average molecular weight is 216 g/mol. The normalized spacial score (nSPS) is 10.1. The maximum atomic E-state index is 12.9. The number of hydrogen-bond acceptors (Lipinski definition) is 3. The zero-order valence-corrected chi connectivity index (χ0v) is 7.04. The van der Waals surface area contributed by atoms with Crippen molar-refractivity contribution in [1.82, 2.24) is 4.98 Å².